The molecule has 248 valence electrons. The molecule has 4 heterocycles. The van der Waals surface area contributed by atoms with Crippen molar-refractivity contribution in [1.82, 2.24) is 29.2 Å². The van der Waals surface area contributed by atoms with Crippen LogP contribution < -0.4 is 15.5 Å². The number of piperazine rings is 1. The largest absolute Gasteiger partial charge is 0.369 e. The predicted octanol–water partition coefficient (Wildman–Crippen LogP) is 3.22. The highest BCUT2D eigenvalue weighted by molar-refractivity contribution is 7.89. The number of sulfonamides is 1. The van der Waals surface area contributed by atoms with E-state index in [1.54, 1.807) is 29.8 Å². The lowest BCUT2D eigenvalue weighted by Gasteiger charge is -2.34. The molecule has 0 saturated carbocycles. The van der Waals surface area contributed by atoms with Crippen molar-refractivity contribution in [2.45, 2.75) is 38.3 Å². The molecule has 1 fully saturated rings. The first-order chi connectivity index (χ1) is 22.4. The summed E-state index contributed by atoms with van der Waals surface area (Å²) in [5, 5.41) is 17.1. The lowest BCUT2D eigenvalue weighted by atomic mass is 10.1. The van der Waals surface area contributed by atoms with Crippen LogP contribution in [0.15, 0.2) is 47.4 Å². The van der Waals surface area contributed by atoms with Gasteiger partial charge in [-0.1, -0.05) is 0 Å². The average Bonchev–Trinajstić information content (AvgIpc) is 3.63. The van der Waals surface area contributed by atoms with Gasteiger partial charge in [-0.05, 0) is 57.3 Å². The Labute approximate surface area is 270 Å². The summed E-state index contributed by atoms with van der Waals surface area (Å²) in [6.07, 6.45) is 0.237. The molecular formula is C31H35F2N9O4S. The molecule has 16 heteroatoms. The Hall–Kier alpha value is -4.67. The molecule has 2 aromatic heterocycles. The summed E-state index contributed by atoms with van der Waals surface area (Å²) < 4.78 is 57.0. The van der Waals surface area contributed by atoms with Crippen LogP contribution in [0.5, 0.6) is 0 Å². The predicted molar refractivity (Wildman–Crippen MR) is 171 cm³/mol. The standard InChI is InChI=1S/C31H35F2N9O4S/c1-4-42-28(13-19(2)38-42)31(44)34-27-17-22(40-11-9-39(3)10-12-40)5-6-24(27)30(43)35-29-25-18-41(8-7-26(25)36-37-29)47(45,46)23-15-20(32)14-21(33)16-23/h5-6,13-17H,4,7-12,18H2,1-3H3,(H,34,44)(H2,35,36,37,43). The highest BCUT2D eigenvalue weighted by atomic mass is 32.2. The highest BCUT2D eigenvalue weighted by Crippen LogP contribution is 2.31. The van der Waals surface area contributed by atoms with Gasteiger partial charge >= 0.3 is 0 Å². The Morgan fingerprint density at radius 1 is 0.957 bits per heavy atom. The van der Waals surface area contributed by atoms with Gasteiger partial charge in [-0.3, -0.25) is 19.4 Å². The fourth-order valence-corrected chi connectivity index (χ4v) is 7.28. The Morgan fingerprint density at radius 2 is 1.68 bits per heavy atom. The summed E-state index contributed by atoms with van der Waals surface area (Å²) in [5.41, 5.74) is 3.38. The molecule has 2 aromatic carbocycles. The maximum atomic E-state index is 13.9. The van der Waals surface area contributed by atoms with Gasteiger partial charge in [0.25, 0.3) is 11.8 Å². The highest BCUT2D eigenvalue weighted by Gasteiger charge is 2.32. The average molecular weight is 668 g/mol. The van der Waals surface area contributed by atoms with E-state index in [0.717, 1.165) is 48.3 Å². The zero-order chi connectivity index (χ0) is 33.5. The second kappa shape index (κ2) is 12.8. The summed E-state index contributed by atoms with van der Waals surface area (Å²) in [6, 6.07) is 9.04. The van der Waals surface area contributed by atoms with Crippen molar-refractivity contribution in [3.63, 3.8) is 0 Å². The number of aromatic amines is 1. The minimum atomic E-state index is -4.26. The van der Waals surface area contributed by atoms with Crippen LogP contribution in [-0.4, -0.2) is 89.2 Å². The van der Waals surface area contributed by atoms with E-state index < -0.39 is 38.4 Å². The Balaban J connectivity index is 1.28. The number of nitrogens with one attached hydrogen (secondary N) is 3. The molecule has 0 bridgehead atoms. The monoisotopic (exact) mass is 667 g/mol. The van der Waals surface area contributed by atoms with Gasteiger partial charge in [-0.2, -0.15) is 14.5 Å². The Bertz CT molecular complexity index is 1930. The number of nitrogens with zero attached hydrogens (tertiary/aromatic N) is 6. The number of aromatic nitrogens is 4. The first-order valence-electron chi connectivity index (χ1n) is 15.2. The minimum absolute atomic E-state index is 0.0425. The van der Waals surface area contributed by atoms with Gasteiger partial charge in [-0.15, -0.1) is 0 Å². The van der Waals surface area contributed by atoms with Crippen molar-refractivity contribution in [3.05, 3.63) is 82.3 Å². The van der Waals surface area contributed by atoms with Crippen molar-refractivity contribution in [1.29, 1.82) is 0 Å². The summed E-state index contributed by atoms with van der Waals surface area (Å²) in [6.45, 7) is 7.29. The third-order valence-electron chi connectivity index (χ3n) is 8.40. The first-order valence-corrected chi connectivity index (χ1v) is 16.6. The quantitative estimate of drug-likeness (QED) is 0.260. The fraction of sp³-hybridized carbons (Fsp3) is 0.355. The summed E-state index contributed by atoms with van der Waals surface area (Å²) >= 11 is 0. The number of hydrogen-bond donors (Lipinski definition) is 3. The molecule has 47 heavy (non-hydrogen) atoms. The summed E-state index contributed by atoms with van der Waals surface area (Å²) in [4.78, 5) is 31.2. The van der Waals surface area contributed by atoms with E-state index in [0.29, 0.717) is 35.3 Å². The normalized spacial score (nSPS) is 15.8. The minimum Gasteiger partial charge on any atom is -0.369 e. The van der Waals surface area contributed by atoms with E-state index >= 15 is 0 Å². The third-order valence-corrected chi connectivity index (χ3v) is 10.2. The molecule has 2 aliphatic rings. The van der Waals surface area contributed by atoms with E-state index in [1.807, 2.05) is 13.0 Å². The molecule has 0 spiro atoms. The number of carbonyl (C=O) groups is 2. The van der Waals surface area contributed by atoms with E-state index in [-0.39, 0.29) is 36.6 Å². The fourth-order valence-electron chi connectivity index (χ4n) is 5.83. The molecule has 0 radical (unpaired) electrons. The van der Waals surface area contributed by atoms with Gasteiger partial charge in [0.05, 0.1) is 21.8 Å². The molecule has 6 rings (SSSR count). The Kier molecular flexibility index (Phi) is 8.82. The zero-order valence-corrected chi connectivity index (χ0v) is 27.0. The van der Waals surface area contributed by atoms with E-state index in [9.17, 15) is 26.8 Å². The van der Waals surface area contributed by atoms with Crippen LogP contribution in [0.3, 0.4) is 0 Å². The van der Waals surface area contributed by atoms with Gasteiger partial charge in [0.2, 0.25) is 10.0 Å². The van der Waals surface area contributed by atoms with Crippen molar-refractivity contribution < 1.29 is 26.8 Å². The van der Waals surface area contributed by atoms with Crippen LogP contribution in [0.4, 0.5) is 26.0 Å². The molecule has 3 N–H and O–H groups in total. The number of carbonyl (C=O) groups excluding carboxylic acids is 2. The number of amides is 2. The van der Waals surface area contributed by atoms with Crippen molar-refractivity contribution in [2.75, 3.05) is 55.3 Å². The molecule has 2 aliphatic heterocycles. The van der Waals surface area contributed by atoms with Crippen molar-refractivity contribution in [2.24, 2.45) is 0 Å². The number of halogens is 2. The maximum Gasteiger partial charge on any atom is 0.273 e. The van der Waals surface area contributed by atoms with Gasteiger partial charge in [0.15, 0.2) is 5.82 Å². The SMILES string of the molecule is CCn1nc(C)cc1C(=O)Nc1cc(N2CCN(C)CC2)ccc1C(=O)Nc1n[nH]c2c1CN(S(=O)(=O)c1cc(F)cc(F)c1)CC2. The number of aryl methyl sites for hydroxylation is 2. The Morgan fingerprint density at radius 3 is 2.38 bits per heavy atom. The molecule has 1 saturated heterocycles. The number of likely N-dealkylation sites (N-methyl/N-ethyl adjacent to an activating group) is 1. The van der Waals surface area contributed by atoms with Crippen LogP contribution >= 0.6 is 0 Å². The lowest BCUT2D eigenvalue weighted by molar-refractivity contribution is 0.101. The zero-order valence-electron chi connectivity index (χ0n) is 26.2. The van der Waals surface area contributed by atoms with Crippen molar-refractivity contribution >= 4 is 39.0 Å². The van der Waals surface area contributed by atoms with Gasteiger partial charge in [0, 0.05) is 75.2 Å². The van der Waals surface area contributed by atoms with Gasteiger partial charge in [-0.25, -0.2) is 17.2 Å². The lowest BCUT2D eigenvalue weighted by Crippen LogP contribution is -2.44. The number of benzene rings is 2. The van der Waals surface area contributed by atoms with Crippen LogP contribution in [0, 0.1) is 18.6 Å². The molecule has 2 amide bonds. The van der Waals surface area contributed by atoms with E-state index in [2.05, 4.69) is 42.8 Å². The topological polar surface area (TPSA) is 149 Å². The van der Waals surface area contributed by atoms with Crippen molar-refractivity contribution in [3.8, 4) is 0 Å². The summed E-state index contributed by atoms with van der Waals surface area (Å²) in [7, 11) is -2.20. The number of H-pyrrole nitrogens is 1. The molecule has 4 aromatic rings. The molecule has 13 nitrogen and oxygen atoms in total. The smallest absolute Gasteiger partial charge is 0.273 e. The number of anilines is 3. The number of fused-ring (bicyclic) bond motifs is 1. The van der Waals surface area contributed by atoms with Crippen LogP contribution in [-0.2, 0) is 29.5 Å². The summed E-state index contributed by atoms with van der Waals surface area (Å²) in [5.74, 6) is -2.91. The third kappa shape index (κ3) is 6.61. The van der Waals surface area contributed by atoms with Crippen LogP contribution in [0.25, 0.3) is 0 Å². The molecular weight excluding hydrogens is 632 g/mol. The van der Waals surface area contributed by atoms with Gasteiger partial charge < -0.3 is 20.4 Å². The van der Waals surface area contributed by atoms with E-state index in [4.69, 9.17) is 0 Å². The number of rotatable bonds is 8. The maximum absolute atomic E-state index is 13.9. The second-order valence-electron chi connectivity index (χ2n) is 11.6. The molecule has 0 atom stereocenters. The molecule has 0 aliphatic carbocycles. The molecule has 0 unspecified atom stereocenters. The first kappa shape index (κ1) is 32.3. The second-order valence-corrected chi connectivity index (χ2v) is 13.6. The van der Waals surface area contributed by atoms with Gasteiger partial charge in [0.1, 0.15) is 17.3 Å². The number of hydrogen-bond acceptors (Lipinski definition) is 8. The van der Waals surface area contributed by atoms with E-state index in [1.165, 1.54) is 0 Å². The van der Waals surface area contributed by atoms with Crippen LogP contribution in [0.1, 0.15) is 44.7 Å². The van der Waals surface area contributed by atoms with Crippen LogP contribution in [0.2, 0.25) is 0 Å².